The summed E-state index contributed by atoms with van der Waals surface area (Å²) in [6.45, 7) is 6.39. The minimum absolute atomic E-state index is 0.479. The third-order valence-corrected chi connectivity index (χ3v) is 3.72. The molecule has 0 N–H and O–H groups in total. The third kappa shape index (κ3) is 4.49. The average Bonchev–Trinajstić information content (AvgIpc) is 2.90. The Hall–Kier alpha value is -1.61. The zero-order valence-corrected chi connectivity index (χ0v) is 12.7. The van der Waals surface area contributed by atoms with Gasteiger partial charge in [0.25, 0.3) is 0 Å². The van der Waals surface area contributed by atoms with Crippen molar-refractivity contribution in [2.24, 2.45) is 0 Å². The summed E-state index contributed by atoms with van der Waals surface area (Å²) in [6.07, 6.45) is 5.92. The van der Waals surface area contributed by atoms with Gasteiger partial charge in [0.05, 0.1) is 0 Å². The van der Waals surface area contributed by atoms with E-state index in [0.717, 1.165) is 37.5 Å². The van der Waals surface area contributed by atoms with Crippen molar-refractivity contribution >= 4 is 0 Å². The second-order valence-corrected chi connectivity index (χ2v) is 5.55. The van der Waals surface area contributed by atoms with Crippen molar-refractivity contribution in [2.45, 2.75) is 32.6 Å². The minimum atomic E-state index is 0.479. The van der Waals surface area contributed by atoms with Crippen LogP contribution in [0.4, 0.5) is 0 Å². The quantitative estimate of drug-likeness (QED) is 0.770. The van der Waals surface area contributed by atoms with Crippen molar-refractivity contribution in [3.63, 3.8) is 0 Å². The molecule has 108 valence electrons. The highest BCUT2D eigenvalue weighted by molar-refractivity contribution is 5.10. The lowest BCUT2D eigenvalue weighted by atomic mass is 10.0. The summed E-state index contributed by atoms with van der Waals surface area (Å²) in [7, 11) is 2.18. The van der Waals surface area contributed by atoms with E-state index in [9.17, 15) is 0 Å². The van der Waals surface area contributed by atoms with Gasteiger partial charge in [-0.25, -0.2) is 0 Å². The van der Waals surface area contributed by atoms with E-state index in [2.05, 4.69) is 42.1 Å². The highest BCUT2D eigenvalue weighted by Gasteiger charge is 2.10. The SMILES string of the molecule is Cc1ccc([C@H](C)CCN(C)CCc2ccncc2)o1. The lowest BCUT2D eigenvalue weighted by Crippen LogP contribution is -2.23. The Labute approximate surface area is 121 Å². The van der Waals surface area contributed by atoms with Crippen LogP contribution in [0.15, 0.2) is 41.1 Å². The molecule has 0 aliphatic heterocycles. The molecule has 0 aromatic carbocycles. The molecule has 3 nitrogen and oxygen atoms in total. The zero-order chi connectivity index (χ0) is 14.4. The first-order chi connectivity index (χ1) is 9.65. The van der Waals surface area contributed by atoms with Gasteiger partial charge in [-0.05, 0) is 63.2 Å². The summed E-state index contributed by atoms with van der Waals surface area (Å²) in [5.41, 5.74) is 1.35. The molecule has 0 saturated heterocycles. The second kappa shape index (κ2) is 7.25. The summed E-state index contributed by atoms with van der Waals surface area (Å²) in [6, 6.07) is 8.31. The Bertz CT molecular complexity index is 507. The van der Waals surface area contributed by atoms with Crippen molar-refractivity contribution in [2.75, 3.05) is 20.1 Å². The van der Waals surface area contributed by atoms with Crippen molar-refractivity contribution in [1.29, 1.82) is 0 Å². The molecular weight excluding hydrogens is 248 g/mol. The van der Waals surface area contributed by atoms with Gasteiger partial charge in [0.2, 0.25) is 0 Å². The molecule has 20 heavy (non-hydrogen) atoms. The number of pyridine rings is 1. The van der Waals surface area contributed by atoms with Gasteiger partial charge in [-0.1, -0.05) is 6.92 Å². The Morgan fingerprint density at radius 3 is 2.55 bits per heavy atom. The van der Waals surface area contributed by atoms with E-state index in [4.69, 9.17) is 4.42 Å². The minimum Gasteiger partial charge on any atom is -0.466 e. The lowest BCUT2D eigenvalue weighted by molar-refractivity contribution is 0.315. The second-order valence-electron chi connectivity index (χ2n) is 5.55. The van der Waals surface area contributed by atoms with Crippen LogP contribution in [0.2, 0.25) is 0 Å². The van der Waals surface area contributed by atoms with E-state index in [0.29, 0.717) is 5.92 Å². The van der Waals surface area contributed by atoms with Gasteiger partial charge in [-0.2, -0.15) is 0 Å². The standard InChI is InChI=1S/C17H24N2O/c1-14(17-5-4-15(2)20-17)8-12-19(3)13-9-16-6-10-18-11-7-16/h4-7,10-11,14H,8-9,12-13H2,1-3H3/t14-/m1/s1. The number of hydrogen-bond acceptors (Lipinski definition) is 3. The molecule has 0 unspecified atom stereocenters. The van der Waals surface area contributed by atoms with Gasteiger partial charge in [0, 0.05) is 24.9 Å². The average molecular weight is 272 g/mol. The Balaban J connectivity index is 1.71. The van der Waals surface area contributed by atoms with Crippen LogP contribution in [-0.4, -0.2) is 30.0 Å². The van der Waals surface area contributed by atoms with E-state index in [-0.39, 0.29) is 0 Å². The Morgan fingerprint density at radius 2 is 1.90 bits per heavy atom. The van der Waals surface area contributed by atoms with E-state index in [1.54, 1.807) is 0 Å². The first-order valence-electron chi connectivity index (χ1n) is 7.29. The number of aryl methyl sites for hydroxylation is 1. The van der Waals surface area contributed by atoms with Crippen molar-refractivity contribution in [3.8, 4) is 0 Å². The highest BCUT2D eigenvalue weighted by Crippen LogP contribution is 2.21. The summed E-state index contributed by atoms with van der Waals surface area (Å²) in [5, 5.41) is 0. The smallest absolute Gasteiger partial charge is 0.107 e. The molecule has 0 spiro atoms. The van der Waals surface area contributed by atoms with Gasteiger partial charge < -0.3 is 9.32 Å². The summed E-state index contributed by atoms with van der Waals surface area (Å²) < 4.78 is 5.68. The van der Waals surface area contributed by atoms with Gasteiger partial charge in [0.15, 0.2) is 0 Å². The van der Waals surface area contributed by atoms with Crippen LogP contribution < -0.4 is 0 Å². The molecule has 2 aromatic heterocycles. The van der Waals surface area contributed by atoms with Gasteiger partial charge in [-0.3, -0.25) is 4.98 Å². The van der Waals surface area contributed by atoms with Crippen molar-refractivity contribution in [3.05, 3.63) is 53.7 Å². The molecule has 3 heteroatoms. The van der Waals surface area contributed by atoms with Gasteiger partial charge >= 0.3 is 0 Å². The number of hydrogen-bond donors (Lipinski definition) is 0. The largest absolute Gasteiger partial charge is 0.466 e. The Morgan fingerprint density at radius 1 is 1.15 bits per heavy atom. The number of aromatic nitrogens is 1. The molecule has 0 aliphatic rings. The summed E-state index contributed by atoms with van der Waals surface area (Å²) in [5.74, 6) is 2.58. The topological polar surface area (TPSA) is 29.3 Å². The monoisotopic (exact) mass is 272 g/mol. The van der Waals surface area contributed by atoms with Crippen LogP contribution >= 0.6 is 0 Å². The predicted molar refractivity (Wildman–Crippen MR) is 81.9 cm³/mol. The Kier molecular flexibility index (Phi) is 5.36. The number of nitrogens with zero attached hydrogens (tertiary/aromatic N) is 2. The fourth-order valence-corrected chi connectivity index (χ4v) is 2.26. The normalized spacial score (nSPS) is 12.8. The first-order valence-corrected chi connectivity index (χ1v) is 7.29. The van der Waals surface area contributed by atoms with Crippen molar-refractivity contribution < 1.29 is 4.42 Å². The zero-order valence-electron chi connectivity index (χ0n) is 12.7. The number of rotatable bonds is 7. The maximum absolute atomic E-state index is 5.68. The molecule has 2 heterocycles. The lowest BCUT2D eigenvalue weighted by Gasteiger charge is -2.18. The van der Waals surface area contributed by atoms with E-state index >= 15 is 0 Å². The molecular formula is C17H24N2O. The number of furan rings is 1. The van der Waals surface area contributed by atoms with E-state index in [1.165, 1.54) is 5.56 Å². The fraction of sp³-hybridized carbons (Fsp3) is 0.471. The molecule has 0 amide bonds. The molecule has 0 radical (unpaired) electrons. The van der Waals surface area contributed by atoms with Crippen LogP contribution in [-0.2, 0) is 6.42 Å². The molecule has 0 aliphatic carbocycles. The van der Waals surface area contributed by atoms with Crippen LogP contribution in [0.25, 0.3) is 0 Å². The van der Waals surface area contributed by atoms with Crippen LogP contribution in [0.3, 0.4) is 0 Å². The maximum Gasteiger partial charge on any atom is 0.107 e. The van der Waals surface area contributed by atoms with Gasteiger partial charge in [0.1, 0.15) is 11.5 Å². The van der Waals surface area contributed by atoms with E-state index < -0.39 is 0 Å². The van der Waals surface area contributed by atoms with Crippen molar-refractivity contribution in [1.82, 2.24) is 9.88 Å². The molecule has 2 rings (SSSR count). The molecule has 0 fully saturated rings. The van der Waals surface area contributed by atoms with E-state index in [1.807, 2.05) is 25.4 Å². The van der Waals surface area contributed by atoms with Crippen LogP contribution in [0, 0.1) is 6.92 Å². The van der Waals surface area contributed by atoms with Gasteiger partial charge in [-0.15, -0.1) is 0 Å². The highest BCUT2D eigenvalue weighted by atomic mass is 16.3. The molecule has 1 atom stereocenters. The number of likely N-dealkylation sites (N-methyl/N-ethyl adjacent to an activating group) is 1. The predicted octanol–water partition coefficient (Wildman–Crippen LogP) is 3.65. The molecule has 0 bridgehead atoms. The molecule has 0 saturated carbocycles. The van der Waals surface area contributed by atoms with Crippen LogP contribution in [0.1, 0.15) is 36.3 Å². The first kappa shape index (κ1) is 14.8. The summed E-state index contributed by atoms with van der Waals surface area (Å²) >= 11 is 0. The van der Waals surface area contributed by atoms with Crippen LogP contribution in [0.5, 0.6) is 0 Å². The molecule has 2 aromatic rings. The maximum atomic E-state index is 5.68. The summed E-state index contributed by atoms with van der Waals surface area (Å²) in [4.78, 5) is 6.43. The fourth-order valence-electron chi connectivity index (χ4n) is 2.26. The third-order valence-electron chi connectivity index (χ3n) is 3.72.